The predicted octanol–water partition coefficient (Wildman–Crippen LogP) is 2.12. The highest BCUT2D eigenvalue weighted by Gasteiger charge is 2.25. The average Bonchev–Trinajstić information content (AvgIpc) is 2.21. The van der Waals surface area contributed by atoms with Crippen LogP contribution in [0, 0.1) is 23.4 Å². The van der Waals surface area contributed by atoms with Gasteiger partial charge in [0.05, 0.1) is 12.1 Å². The van der Waals surface area contributed by atoms with Crippen molar-refractivity contribution in [2.24, 2.45) is 11.7 Å². The molecular formula is C11H14F3NO. The van der Waals surface area contributed by atoms with E-state index >= 15 is 0 Å². The van der Waals surface area contributed by atoms with Gasteiger partial charge in [-0.3, -0.25) is 0 Å². The second-order valence-corrected chi connectivity index (χ2v) is 4.05. The Morgan fingerprint density at radius 1 is 1.19 bits per heavy atom. The van der Waals surface area contributed by atoms with Gasteiger partial charge in [-0.25, -0.2) is 13.2 Å². The van der Waals surface area contributed by atoms with Gasteiger partial charge in [0.1, 0.15) is 5.82 Å². The van der Waals surface area contributed by atoms with Gasteiger partial charge >= 0.3 is 0 Å². The van der Waals surface area contributed by atoms with E-state index in [0.29, 0.717) is 6.07 Å². The zero-order valence-electron chi connectivity index (χ0n) is 9.05. The van der Waals surface area contributed by atoms with Crippen molar-refractivity contribution in [2.75, 3.05) is 0 Å². The van der Waals surface area contributed by atoms with Crippen LogP contribution in [0.3, 0.4) is 0 Å². The average molecular weight is 233 g/mol. The first-order valence-electron chi connectivity index (χ1n) is 4.92. The van der Waals surface area contributed by atoms with Gasteiger partial charge in [0.15, 0.2) is 11.6 Å². The van der Waals surface area contributed by atoms with Crippen LogP contribution in [0.4, 0.5) is 13.2 Å². The highest BCUT2D eigenvalue weighted by Crippen LogP contribution is 2.24. The van der Waals surface area contributed by atoms with Crippen molar-refractivity contribution < 1.29 is 18.3 Å². The Bertz CT molecular complexity index is 382. The molecule has 0 fully saturated rings. The third kappa shape index (κ3) is 2.54. The number of aliphatic hydroxyl groups excluding tert-OH is 1. The number of aliphatic hydroxyl groups is 1. The lowest BCUT2D eigenvalue weighted by atomic mass is 9.94. The molecule has 0 aliphatic rings. The van der Waals surface area contributed by atoms with Crippen LogP contribution in [0.1, 0.15) is 25.5 Å². The van der Waals surface area contributed by atoms with Crippen LogP contribution in [0.15, 0.2) is 12.1 Å². The Kier molecular flexibility index (Phi) is 3.93. The maximum atomic E-state index is 13.3. The summed E-state index contributed by atoms with van der Waals surface area (Å²) < 4.78 is 39.1. The van der Waals surface area contributed by atoms with Crippen molar-refractivity contribution in [3.63, 3.8) is 0 Å². The molecule has 0 aliphatic heterocycles. The zero-order valence-corrected chi connectivity index (χ0v) is 9.05. The Labute approximate surface area is 91.9 Å². The molecule has 16 heavy (non-hydrogen) atoms. The van der Waals surface area contributed by atoms with Gasteiger partial charge in [-0.2, -0.15) is 0 Å². The van der Waals surface area contributed by atoms with Crippen molar-refractivity contribution in [2.45, 2.75) is 26.0 Å². The minimum Gasteiger partial charge on any atom is -0.391 e. The second kappa shape index (κ2) is 4.84. The number of nitrogens with two attached hydrogens (primary N) is 1. The first-order valence-corrected chi connectivity index (χ1v) is 4.92. The summed E-state index contributed by atoms with van der Waals surface area (Å²) in [6.07, 6.45) is -1.06. The molecule has 0 spiro atoms. The minimum atomic E-state index is -1.30. The summed E-state index contributed by atoms with van der Waals surface area (Å²) in [6.45, 7) is 3.36. The van der Waals surface area contributed by atoms with Crippen LogP contribution in [0.25, 0.3) is 0 Å². The third-order valence-electron chi connectivity index (χ3n) is 2.43. The van der Waals surface area contributed by atoms with Crippen molar-refractivity contribution in [3.8, 4) is 0 Å². The Morgan fingerprint density at radius 3 is 2.25 bits per heavy atom. The molecule has 3 N–H and O–H groups in total. The van der Waals surface area contributed by atoms with Gasteiger partial charge in [0, 0.05) is 11.6 Å². The first-order chi connectivity index (χ1) is 7.34. The van der Waals surface area contributed by atoms with Crippen LogP contribution < -0.4 is 5.73 Å². The molecule has 0 bridgehead atoms. The topological polar surface area (TPSA) is 46.2 Å². The van der Waals surface area contributed by atoms with Crippen molar-refractivity contribution >= 4 is 0 Å². The second-order valence-electron chi connectivity index (χ2n) is 4.05. The third-order valence-corrected chi connectivity index (χ3v) is 2.43. The zero-order chi connectivity index (χ0) is 12.5. The molecule has 0 unspecified atom stereocenters. The number of rotatable bonds is 3. The Balaban J connectivity index is 3.13. The monoisotopic (exact) mass is 233 g/mol. The van der Waals surface area contributed by atoms with Crippen LogP contribution in [0.2, 0.25) is 0 Å². The molecule has 2 nitrogen and oxygen atoms in total. The summed E-state index contributed by atoms with van der Waals surface area (Å²) in [7, 11) is 0. The smallest absolute Gasteiger partial charge is 0.163 e. The number of benzene rings is 1. The van der Waals surface area contributed by atoms with E-state index in [1.165, 1.54) is 0 Å². The molecular weight excluding hydrogens is 219 g/mol. The molecule has 0 aliphatic carbocycles. The van der Waals surface area contributed by atoms with Gasteiger partial charge in [-0.15, -0.1) is 0 Å². The summed E-state index contributed by atoms with van der Waals surface area (Å²) in [5.41, 5.74) is 5.21. The summed E-state index contributed by atoms with van der Waals surface area (Å²) >= 11 is 0. The van der Waals surface area contributed by atoms with E-state index in [4.69, 9.17) is 5.73 Å². The normalized spacial score (nSPS) is 15.2. The minimum absolute atomic E-state index is 0.235. The van der Waals surface area contributed by atoms with Gasteiger partial charge in [0.25, 0.3) is 0 Å². The number of hydrogen-bond donors (Lipinski definition) is 2. The van der Waals surface area contributed by atoms with Crippen LogP contribution in [-0.2, 0) is 0 Å². The molecule has 1 aromatic rings. The standard InChI is InChI=1S/C11H14F3NO/c1-5(2)11(16)10(15)7-3-6(12)4-8(13)9(7)14/h3-5,10-11,16H,15H2,1-2H3/t10-,11+/m0/s1. The van der Waals surface area contributed by atoms with Crippen LogP contribution >= 0.6 is 0 Å². The fourth-order valence-electron chi connectivity index (χ4n) is 1.42. The Hall–Kier alpha value is -1.07. The van der Waals surface area contributed by atoms with E-state index in [0.717, 1.165) is 6.07 Å². The lowest BCUT2D eigenvalue weighted by Gasteiger charge is -2.22. The lowest BCUT2D eigenvalue weighted by Crippen LogP contribution is -2.31. The van der Waals surface area contributed by atoms with E-state index in [9.17, 15) is 18.3 Å². The quantitative estimate of drug-likeness (QED) is 0.785. The summed E-state index contributed by atoms with van der Waals surface area (Å²) in [5, 5.41) is 9.62. The number of halogens is 3. The molecule has 0 saturated heterocycles. The van der Waals surface area contributed by atoms with E-state index in [1.54, 1.807) is 13.8 Å². The summed E-state index contributed by atoms with van der Waals surface area (Å²) in [6, 6.07) is 0.0901. The largest absolute Gasteiger partial charge is 0.391 e. The summed E-state index contributed by atoms with van der Waals surface area (Å²) in [5.74, 6) is -3.67. The van der Waals surface area contributed by atoms with Gasteiger partial charge < -0.3 is 10.8 Å². The molecule has 0 amide bonds. The molecule has 0 aromatic heterocycles. The molecule has 2 atom stereocenters. The summed E-state index contributed by atoms with van der Waals surface area (Å²) in [4.78, 5) is 0. The van der Waals surface area contributed by atoms with E-state index in [-0.39, 0.29) is 11.5 Å². The molecule has 1 aromatic carbocycles. The van der Waals surface area contributed by atoms with Crippen molar-refractivity contribution in [1.82, 2.24) is 0 Å². The van der Waals surface area contributed by atoms with Gasteiger partial charge in [-0.1, -0.05) is 13.8 Å². The Morgan fingerprint density at radius 2 is 1.75 bits per heavy atom. The molecule has 0 radical (unpaired) electrons. The predicted molar refractivity (Wildman–Crippen MR) is 54.1 cm³/mol. The van der Waals surface area contributed by atoms with E-state index in [2.05, 4.69) is 0 Å². The van der Waals surface area contributed by atoms with E-state index < -0.39 is 29.6 Å². The fraction of sp³-hybridized carbons (Fsp3) is 0.455. The van der Waals surface area contributed by atoms with Gasteiger partial charge in [-0.05, 0) is 12.0 Å². The lowest BCUT2D eigenvalue weighted by molar-refractivity contribution is 0.0962. The van der Waals surface area contributed by atoms with E-state index in [1.807, 2.05) is 0 Å². The highest BCUT2D eigenvalue weighted by atomic mass is 19.2. The SMILES string of the molecule is CC(C)[C@@H](O)[C@@H](N)c1cc(F)cc(F)c1F. The molecule has 0 heterocycles. The van der Waals surface area contributed by atoms with Gasteiger partial charge in [0.2, 0.25) is 0 Å². The highest BCUT2D eigenvalue weighted by molar-refractivity contribution is 5.24. The maximum Gasteiger partial charge on any atom is 0.163 e. The fourth-order valence-corrected chi connectivity index (χ4v) is 1.42. The first kappa shape index (κ1) is 13.0. The maximum absolute atomic E-state index is 13.3. The molecule has 0 saturated carbocycles. The molecule has 90 valence electrons. The molecule has 1 rings (SSSR count). The van der Waals surface area contributed by atoms with Crippen molar-refractivity contribution in [1.29, 1.82) is 0 Å². The van der Waals surface area contributed by atoms with Crippen LogP contribution in [0.5, 0.6) is 0 Å². The van der Waals surface area contributed by atoms with Crippen molar-refractivity contribution in [3.05, 3.63) is 35.1 Å². The number of hydrogen-bond acceptors (Lipinski definition) is 2. The molecule has 5 heteroatoms. The van der Waals surface area contributed by atoms with Crippen LogP contribution in [-0.4, -0.2) is 11.2 Å².